The number of H-pyrrole nitrogens is 1. The average molecular weight is 507 g/mol. The maximum absolute atomic E-state index is 14.1. The number of aromatic nitrogens is 4. The Morgan fingerprint density at radius 1 is 0.889 bits per heavy atom. The summed E-state index contributed by atoms with van der Waals surface area (Å²) in [5.41, 5.74) is -2.26. The minimum absolute atomic E-state index is 0.0533. The van der Waals surface area contributed by atoms with Crippen LogP contribution in [0.5, 0.6) is 0 Å². The van der Waals surface area contributed by atoms with Gasteiger partial charge in [-0.25, -0.2) is 9.37 Å². The maximum Gasteiger partial charge on any atom is 0.417 e. The van der Waals surface area contributed by atoms with Crippen LogP contribution in [0.15, 0.2) is 71.5 Å². The predicted molar refractivity (Wildman–Crippen MR) is 113 cm³/mol. The standard InChI is InChI=1S/C24H13F7N4O/c25-18-4-2-1-3-16(18)22-32-19-7-8-35(12-21(19)33-22)11-14-10-20(34-36-14)15-6-5-13(23(26,27)28)9-17(15)24(29,30)31/h1-10,12H,11H2/p+1. The van der Waals surface area contributed by atoms with Crippen LogP contribution in [0.2, 0.25) is 0 Å². The van der Waals surface area contributed by atoms with Gasteiger partial charge in [-0.1, -0.05) is 23.4 Å². The summed E-state index contributed by atoms with van der Waals surface area (Å²) >= 11 is 0. The summed E-state index contributed by atoms with van der Waals surface area (Å²) in [6, 6.07) is 10.3. The highest BCUT2D eigenvalue weighted by atomic mass is 19.4. The van der Waals surface area contributed by atoms with Crippen LogP contribution < -0.4 is 4.57 Å². The van der Waals surface area contributed by atoms with E-state index >= 15 is 0 Å². The van der Waals surface area contributed by atoms with Crippen molar-refractivity contribution in [3.05, 3.63) is 89.7 Å². The van der Waals surface area contributed by atoms with Crippen LogP contribution in [0.4, 0.5) is 30.7 Å². The molecular formula is C24H14F7N4O+. The molecule has 0 fully saturated rings. The van der Waals surface area contributed by atoms with Gasteiger partial charge in [0.2, 0.25) is 12.3 Å². The van der Waals surface area contributed by atoms with Crippen molar-refractivity contribution in [1.82, 2.24) is 15.1 Å². The number of halogens is 7. The first-order valence-electron chi connectivity index (χ1n) is 10.4. The SMILES string of the molecule is Fc1ccccc1-c1nc2cc[n+](Cc3cc(-c4ccc(C(F)(F)F)cc4C(F)(F)F)no3)cc2[nH]1. The summed E-state index contributed by atoms with van der Waals surface area (Å²) in [5, 5.41) is 3.63. The first-order chi connectivity index (χ1) is 17.0. The maximum atomic E-state index is 14.1. The lowest BCUT2D eigenvalue weighted by molar-refractivity contribution is -0.688. The summed E-state index contributed by atoms with van der Waals surface area (Å²) < 4.78 is 100. The number of hydrogen-bond acceptors (Lipinski definition) is 3. The molecule has 0 aliphatic heterocycles. The van der Waals surface area contributed by atoms with Gasteiger partial charge in [0.25, 0.3) is 0 Å². The summed E-state index contributed by atoms with van der Waals surface area (Å²) in [7, 11) is 0. The molecule has 1 N–H and O–H groups in total. The molecule has 36 heavy (non-hydrogen) atoms. The Balaban J connectivity index is 1.44. The number of hydrogen-bond donors (Lipinski definition) is 1. The predicted octanol–water partition coefficient (Wildman–Crippen LogP) is 6.40. The van der Waals surface area contributed by atoms with Crippen molar-refractivity contribution in [2.45, 2.75) is 18.9 Å². The number of aromatic amines is 1. The molecule has 0 amide bonds. The third-order valence-electron chi connectivity index (χ3n) is 5.43. The third kappa shape index (κ3) is 4.53. The van der Waals surface area contributed by atoms with E-state index in [1.54, 1.807) is 41.2 Å². The van der Waals surface area contributed by atoms with Gasteiger partial charge >= 0.3 is 12.4 Å². The minimum atomic E-state index is -5.04. The van der Waals surface area contributed by atoms with Gasteiger partial charge in [-0.2, -0.15) is 30.9 Å². The summed E-state index contributed by atoms with van der Waals surface area (Å²) in [6.07, 6.45) is -6.68. The number of alkyl halides is 6. The molecule has 5 rings (SSSR count). The second-order valence-electron chi connectivity index (χ2n) is 7.92. The normalized spacial score (nSPS) is 12.4. The van der Waals surface area contributed by atoms with Gasteiger partial charge in [-0.15, -0.1) is 0 Å². The zero-order valence-electron chi connectivity index (χ0n) is 18.0. The van der Waals surface area contributed by atoms with Crippen LogP contribution >= 0.6 is 0 Å². The monoisotopic (exact) mass is 507 g/mol. The first-order valence-corrected chi connectivity index (χ1v) is 10.4. The molecule has 12 heteroatoms. The van der Waals surface area contributed by atoms with Gasteiger partial charge in [0.1, 0.15) is 28.4 Å². The molecular weight excluding hydrogens is 493 g/mol. The number of imidazole rings is 1. The van der Waals surface area contributed by atoms with Crippen LogP contribution in [0.25, 0.3) is 33.7 Å². The van der Waals surface area contributed by atoms with Crippen LogP contribution in [0, 0.1) is 5.82 Å². The van der Waals surface area contributed by atoms with E-state index in [0.29, 0.717) is 22.9 Å². The summed E-state index contributed by atoms with van der Waals surface area (Å²) in [6.45, 7) is 0.0545. The summed E-state index contributed by atoms with van der Waals surface area (Å²) in [4.78, 5) is 7.38. The van der Waals surface area contributed by atoms with E-state index in [1.165, 1.54) is 12.1 Å². The molecule has 0 aliphatic carbocycles. The Bertz CT molecular complexity index is 1570. The molecule has 0 spiro atoms. The Morgan fingerprint density at radius 2 is 1.67 bits per heavy atom. The molecule has 0 saturated heterocycles. The van der Waals surface area contributed by atoms with Crippen molar-refractivity contribution >= 4 is 11.0 Å². The largest absolute Gasteiger partial charge is 0.417 e. The lowest BCUT2D eigenvalue weighted by Gasteiger charge is -2.14. The van der Waals surface area contributed by atoms with E-state index in [-0.39, 0.29) is 29.6 Å². The molecule has 0 atom stereocenters. The topological polar surface area (TPSA) is 58.6 Å². The van der Waals surface area contributed by atoms with Crippen LogP contribution in [-0.4, -0.2) is 15.1 Å². The van der Waals surface area contributed by atoms with Gasteiger partial charge < -0.3 is 9.51 Å². The van der Waals surface area contributed by atoms with E-state index < -0.39 is 34.9 Å². The third-order valence-corrected chi connectivity index (χ3v) is 5.43. The first kappa shape index (κ1) is 23.5. The van der Waals surface area contributed by atoms with Crippen LogP contribution in [0.3, 0.4) is 0 Å². The highest BCUT2D eigenvalue weighted by molar-refractivity contribution is 5.77. The van der Waals surface area contributed by atoms with E-state index in [1.807, 2.05) is 0 Å². The number of rotatable bonds is 4. The molecule has 5 aromatic rings. The second-order valence-corrected chi connectivity index (χ2v) is 7.92. The molecule has 2 aromatic carbocycles. The lowest BCUT2D eigenvalue weighted by atomic mass is 10.0. The Morgan fingerprint density at radius 3 is 2.39 bits per heavy atom. The van der Waals surface area contributed by atoms with Crippen molar-refractivity contribution in [2.24, 2.45) is 0 Å². The zero-order chi connectivity index (χ0) is 25.7. The zero-order valence-corrected chi connectivity index (χ0v) is 18.0. The van der Waals surface area contributed by atoms with Crippen molar-refractivity contribution < 1.29 is 39.8 Å². The van der Waals surface area contributed by atoms with E-state index in [4.69, 9.17) is 4.52 Å². The summed E-state index contributed by atoms with van der Waals surface area (Å²) in [5.74, 6) is 0.0427. The van der Waals surface area contributed by atoms with Gasteiger partial charge in [-0.05, 0) is 24.3 Å². The van der Waals surface area contributed by atoms with Crippen molar-refractivity contribution in [3.63, 3.8) is 0 Å². The lowest BCUT2D eigenvalue weighted by Crippen LogP contribution is -2.32. The smallest absolute Gasteiger partial charge is 0.354 e. The second kappa shape index (κ2) is 8.47. The van der Waals surface area contributed by atoms with Crippen molar-refractivity contribution in [1.29, 1.82) is 0 Å². The molecule has 3 heterocycles. The average Bonchev–Trinajstić information content (AvgIpc) is 3.44. The van der Waals surface area contributed by atoms with Gasteiger partial charge in [0.15, 0.2) is 12.4 Å². The van der Waals surface area contributed by atoms with Gasteiger partial charge in [0, 0.05) is 17.7 Å². The number of nitrogens with zero attached hydrogens (tertiary/aromatic N) is 3. The quantitative estimate of drug-likeness (QED) is 0.226. The molecule has 3 aromatic heterocycles. The van der Waals surface area contributed by atoms with Crippen molar-refractivity contribution in [2.75, 3.05) is 0 Å². The number of benzene rings is 2. The molecule has 184 valence electrons. The highest BCUT2D eigenvalue weighted by Gasteiger charge is 2.39. The molecule has 5 nitrogen and oxygen atoms in total. The fourth-order valence-electron chi connectivity index (χ4n) is 3.75. The van der Waals surface area contributed by atoms with E-state index in [0.717, 1.165) is 6.07 Å². The minimum Gasteiger partial charge on any atom is -0.354 e. The van der Waals surface area contributed by atoms with Crippen LogP contribution in [-0.2, 0) is 18.9 Å². The molecule has 0 aliphatic rings. The molecule has 0 bridgehead atoms. The molecule has 0 saturated carbocycles. The Hall–Kier alpha value is -4.22. The highest BCUT2D eigenvalue weighted by Crippen LogP contribution is 2.40. The number of fused-ring (bicyclic) bond motifs is 1. The Labute approximate surface area is 197 Å². The van der Waals surface area contributed by atoms with E-state index in [2.05, 4.69) is 15.1 Å². The number of nitrogens with one attached hydrogen (secondary N) is 1. The van der Waals surface area contributed by atoms with Crippen LogP contribution in [0.1, 0.15) is 16.9 Å². The van der Waals surface area contributed by atoms with Gasteiger partial charge in [-0.3, -0.25) is 0 Å². The molecule has 0 unspecified atom stereocenters. The van der Waals surface area contributed by atoms with Crippen molar-refractivity contribution in [3.8, 4) is 22.6 Å². The fraction of sp³-hybridized carbons (Fsp3) is 0.125. The number of pyridine rings is 1. The molecule has 0 radical (unpaired) electrons. The Kier molecular flexibility index (Phi) is 5.53. The van der Waals surface area contributed by atoms with Gasteiger partial charge in [0.05, 0.1) is 16.7 Å². The van der Waals surface area contributed by atoms with E-state index in [9.17, 15) is 30.7 Å². The fourth-order valence-corrected chi connectivity index (χ4v) is 3.75.